The van der Waals surface area contributed by atoms with E-state index in [-0.39, 0.29) is 6.03 Å². The van der Waals surface area contributed by atoms with Gasteiger partial charge in [-0.25, -0.2) is 9.78 Å². The van der Waals surface area contributed by atoms with E-state index in [1.807, 2.05) is 24.3 Å². The van der Waals surface area contributed by atoms with Gasteiger partial charge >= 0.3 is 6.03 Å². The first kappa shape index (κ1) is 17.0. The molecule has 0 fully saturated rings. The Bertz CT molecular complexity index is 620. The maximum atomic E-state index is 11.7. The Morgan fingerprint density at radius 2 is 2.04 bits per heavy atom. The van der Waals surface area contributed by atoms with Crippen molar-refractivity contribution in [2.75, 3.05) is 25.6 Å². The summed E-state index contributed by atoms with van der Waals surface area (Å²) in [4.78, 5) is 16.0. The molecular weight excluding hydrogens is 294 g/mol. The van der Waals surface area contributed by atoms with Crippen LogP contribution in [-0.4, -0.2) is 31.3 Å². The van der Waals surface area contributed by atoms with E-state index in [2.05, 4.69) is 29.5 Å². The smallest absolute Gasteiger partial charge is 0.319 e. The van der Waals surface area contributed by atoms with Gasteiger partial charge in [0.15, 0.2) is 0 Å². The third-order valence-corrected chi connectivity index (χ3v) is 3.29. The van der Waals surface area contributed by atoms with Gasteiger partial charge in [-0.15, -0.1) is 0 Å². The summed E-state index contributed by atoms with van der Waals surface area (Å²) < 4.78 is 10.6. The number of anilines is 1. The molecule has 0 saturated carbocycles. The zero-order valence-corrected chi connectivity index (χ0v) is 13.8. The summed E-state index contributed by atoms with van der Waals surface area (Å²) in [5, 5.41) is 5.55. The molecule has 1 aromatic carbocycles. The topological polar surface area (TPSA) is 76.4 Å². The van der Waals surface area contributed by atoms with E-state index in [9.17, 15) is 4.79 Å². The van der Waals surface area contributed by atoms with Crippen molar-refractivity contribution >= 4 is 11.7 Å². The van der Waals surface area contributed by atoms with Gasteiger partial charge in [0.05, 0.1) is 6.20 Å². The summed E-state index contributed by atoms with van der Waals surface area (Å²) in [5.41, 5.74) is 1.59. The van der Waals surface area contributed by atoms with Crippen LogP contribution in [0.2, 0.25) is 0 Å². The van der Waals surface area contributed by atoms with E-state index in [1.165, 1.54) is 0 Å². The Balaban J connectivity index is 1.90. The molecule has 1 heterocycles. The van der Waals surface area contributed by atoms with Gasteiger partial charge in [0, 0.05) is 37.4 Å². The molecule has 0 aliphatic carbocycles. The summed E-state index contributed by atoms with van der Waals surface area (Å²) in [6, 6.07) is 7.16. The predicted molar refractivity (Wildman–Crippen MR) is 89.5 cm³/mol. The number of amides is 2. The average Bonchev–Trinajstić information content (AvgIpc) is 3.02. The number of carbonyl (C=O) groups is 1. The van der Waals surface area contributed by atoms with Crippen LogP contribution in [0.25, 0.3) is 11.5 Å². The molecule has 2 rings (SSSR count). The summed E-state index contributed by atoms with van der Waals surface area (Å²) in [5.74, 6) is 1.75. The highest BCUT2D eigenvalue weighted by Gasteiger charge is 2.09. The van der Waals surface area contributed by atoms with Crippen LogP contribution in [-0.2, 0) is 4.74 Å². The normalized spacial score (nSPS) is 10.8. The Labute approximate surface area is 136 Å². The standard InChI is InChI=1S/C17H23N3O3/c1-12(2)15-11-19-16(23-15)13-5-7-14(8-6-13)20-17(21)18-9-4-10-22-3/h5-8,11-12H,4,9-10H2,1-3H3,(H2,18,20,21). The van der Waals surface area contributed by atoms with Crippen LogP contribution in [0.1, 0.15) is 31.9 Å². The predicted octanol–water partition coefficient (Wildman–Crippen LogP) is 3.62. The molecule has 2 N–H and O–H groups in total. The van der Waals surface area contributed by atoms with Crippen LogP contribution in [0.15, 0.2) is 34.9 Å². The Morgan fingerprint density at radius 1 is 1.30 bits per heavy atom. The number of carbonyl (C=O) groups excluding carboxylic acids is 1. The van der Waals surface area contributed by atoms with Crippen molar-refractivity contribution in [3.8, 4) is 11.5 Å². The van der Waals surface area contributed by atoms with E-state index in [0.717, 1.165) is 17.7 Å². The molecule has 1 aromatic heterocycles. The van der Waals surface area contributed by atoms with Crippen molar-refractivity contribution in [1.82, 2.24) is 10.3 Å². The quantitative estimate of drug-likeness (QED) is 0.765. The van der Waals surface area contributed by atoms with Crippen LogP contribution in [0.5, 0.6) is 0 Å². The first-order valence-electron chi connectivity index (χ1n) is 7.70. The number of methoxy groups -OCH3 is 1. The molecule has 0 bridgehead atoms. The van der Waals surface area contributed by atoms with Crippen molar-refractivity contribution in [3.05, 3.63) is 36.2 Å². The number of nitrogens with zero attached hydrogens (tertiary/aromatic N) is 1. The molecule has 0 radical (unpaired) electrons. The van der Waals surface area contributed by atoms with Gasteiger partial charge in [0.25, 0.3) is 0 Å². The number of oxazole rings is 1. The minimum Gasteiger partial charge on any atom is -0.441 e. The monoisotopic (exact) mass is 317 g/mol. The van der Waals surface area contributed by atoms with E-state index in [0.29, 0.717) is 30.6 Å². The van der Waals surface area contributed by atoms with E-state index >= 15 is 0 Å². The average molecular weight is 317 g/mol. The molecule has 6 heteroatoms. The number of benzene rings is 1. The van der Waals surface area contributed by atoms with Crippen LogP contribution in [0, 0.1) is 0 Å². The lowest BCUT2D eigenvalue weighted by molar-refractivity contribution is 0.194. The van der Waals surface area contributed by atoms with Crippen molar-refractivity contribution in [1.29, 1.82) is 0 Å². The molecule has 0 saturated heterocycles. The Morgan fingerprint density at radius 3 is 2.65 bits per heavy atom. The molecule has 0 spiro atoms. The van der Waals surface area contributed by atoms with Crippen molar-refractivity contribution in [2.24, 2.45) is 0 Å². The zero-order valence-electron chi connectivity index (χ0n) is 13.8. The third-order valence-electron chi connectivity index (χ3n) is 3.29. The number of urea groups is 1. The Kier molecular flexibility index (Phi) is 6.17. The summed E-state index contributed by atoms with van der Waals surface area (Å²) in [6.07, 6.45) is 2.53. The van der Waals surface area contributed by atoms with E-state index in [1.54, 1.807) is 13.3 Å². The summed E-state index contributed by atoms with van der Waals surface area (Å²) in [7, 11) is 1.64. The highest BCUT2D eigenvalue weighted by Crippen LogP contribution is 2.24. The number of rotatable bonds is 7. The zero-order chi connectivity index (χ0) is 16.7. The van der Waals surface area contributed by atoms with Crippen LogP contribution in [0.4, 0.5) is 10.5 Å². The van der Waals surface area contributed by atoms with Gasteiger partial charge in [-0.3, -0.25) is 0 Å². The minimum atomic E-state index is -0.230. The molecule has 23 heavy (non-hydrogen) atoms. The lowest BCUT2D eigenvalue weighted by Crippen LogP contribution is -2.29. The van der Waals surface area contributed by atoms with E-state index in [4.69, 9.17) is 9.15 Å². The van der Waals surface area contributed by atoms with Gasteiger partial charge in [-0.05, 0) is 30.7 Å². The Hall–Kier alpha value is -2.34. The van der Waals surface area contributed by atoms with Crippen LogP contribution < -0.4 is 10.6 Å². The van der Waals surface area contributed by atoms with Gasteiger partial charge < -0.3 is 19.8 Å². The maximum absolute atomic E-state index is 11.7. The molecule has 0 aliphatic rings. The van der Waals surface area contributed by atoms with E-state index < -0.39 is 0 Å². The lowest BCUT2D eigenvalue weighted by Gasteiger charge is -2.07. The molecule has 2 amide bonds. The summed E-state index contributed by atoms with van der Waals surface area (Å²) >= 11 is 0. The molecule has 6 nitrogen and oxygen atoms in total. The van der Waals surface area contributed by atoms with Crippen molar-refractivity contribution in [2.45, 2.75) is 26.2 Å². The van der Waals surface area contributed by atoms with Gasteiger partial charge in [-0.2, -0.15) is 0 Å². The van der Waals surface area contributed by atoms with Crippen molar-refractivity contribution < 1.29 is 13.9 Å². The molecule has 0 atom stereocenters. The fourth-order valence-electron chi connectivity index (χ4n) is 1.98. The van der Waals surface area contributed by atoms with Gasteiger partial charge in [0.2, 0.25) is 5.89 Å². The van der Waals surface area contributed by atoms with Gasteiger partial charge in [-0.1, -0.05) is 13.8 Å². The molecular formula is C17H23N3O3. The highest BCUT2D eigenvalue weighted by atomic mass is 16.5. The second-order valence-corrected chi connectivity index (χ2v) is 5.53. The fourth-order valence-corrected chi connectivity index (χ4v) is 1.98. The van der Waals surface area contributed by atoms with Gasteiger partial charge in [0.1, 0.15) is 5.76 Å². The number of nitrogens with one attached hydrogen (secondary N) is 2. The van der Waals surface area contributed by atoms with Crippen LogP contribution >= 0.6 is 0 Å². The maximum Gasteiger partial charge on any atom is 0.319 e. The third kappa shape index (κ3) is 5.10. The SMILES string of the molecule is COCCCNC(=O)Nc1ccc(-c2ncc(C(C)C)o2)cc1. The molecule has 124 valence electrons. The second kappa shape index (κ2) is 8.33. The molecule has 0 aliphatic heterocycles. The van der Waals surface area contributed by atoms with Crippen molar-refractivity contribution in [3.63, 3.8) is 0 Å². The lowest BCUT2D eigenvalue weighted by atomic mass is 10.2. The highest BCUT2D eigenvalue weighted by molar-refractivity contribution is 5.89. The minimum absolute atomic E-state index is 0.230. The van der Waals surface area contributed by atoms with Crippen LogP contribution in [0.3, 0.4) is 0 Å². The first-order chi connectivity index (χ1) is 11.1. The number of ether oxygens (including phenoxy) is 1. The largest absolute Gasteiger partial charge is 0.441 e. The molecule has 2 aromatic rings. The second-order valence-electron chi connectivity index (χ2n) is 5.53. The summed E-state index contributed by atoms with van der Waals surface area (Å²) in [6.45, 7) is 5.32. The molecule has 0 unspecified atom stereocenters. The first-order valence-corrected chi connectivity index (χ1v) is 7.70. The number of aromatic nitrogens is 1. The fraction of sp³-hybridized carbons (Fsp3) is 0.412. The number of hydrogen-bond acceptors (Lipinski definition) is 4. The number of hydrogen-bond donors (Lipinski definition) is 2.